The second-order valence-electron chi connectivity index (χ2n) is 7.50. The van der Waals surface area contributed by atoms with E-state index < -0.39 is 0 Å². The van der Waals surface area contributed by atoms with Crippen LogP contribution < -0.4 is 0 Å². The van der Waals surface area contributed by atoms with E-state index in [1.807, 2.05) is 44.2 Å². The van der Waals surface area contributed by atoms with Gasteiger partial charge >= 0.3 is 0 Å². The summed E-state index contributed by atoms with van der Waals surface area (Å²) in [7, 11) is 6.05. The predicted molar refractivity (Wildman–Crippen MR) is 102 cm³/mol. The zero-order chi connectivity index (χ0) is 19.0. The van der Waals surface area contributed by atoms with E-state index in [0.717, 1.165) is 48.6 Å². The number of fused-ring (bicyclic) bond motifs is 1. The van der Waals surface area contributed by atoms with Gasteiger partial charge in [-0.2, -0.15) is 0 Å². The molecule has 4 rings (SSSR count). The Hall–Kier alpha value is -2.74. The summed E-state index contributed by atoms with van der Waals surface area (Å²) < 4.78 is 2.08. The molecule has 1 aliphatic rings. The number of imidazole rings is 1. The van der Waals surface area contributed by atoms with Crippen LogP contribution in [0.25, 0.3) is 11.0 Å². The van der Waals surface area contributed by atoms with Crippen molar-refractivity contribution >= 4 is 16.9 Å². The molecular formula is C19H25N7O. The Morgan fingerprint density at radius 2 is 2.19 bits per heavy atom. The highest BCUT2D eigenvalue weighted by atomic mass is 16.2. The molecule has 1 N–H and O–H groups in total. The number of carbonyl (C=O) groups excluding carboxylic acids is 1. The Bertz CT molecular complexity index is 958. The van der Waals surface area contributed by atoms with Crippen molar-refractivity contribution in [3.05, 3.63) is 41.7 Å². The smallest absolute Gasteiger partial charge is 0.253 e. The first-order valence-corrected chi connectivity index (χ1v) is 9.28. The number of nitrogens with zero attached hydrogens (tertiary/aromatic N) is 6. The fourth-order valence-electron chi connectivity index (χ4n) is 3.77. The molecule has 1 unspecified atom stereocenters. The molecule has 1 aromatic carbocycles. The molecule has 0 saturated carbocycles. The molecule has 0 bridgehead atoms. The van der Waals surface area contributed by atoms with Gasteiger partial charge in [0, 0.05) is 31.6 Å². The third kappa shape index (κ3) is 3.44. The summed E-state index contributed by atoms with van der Waals surface area (Å²) in [5.41, 5.74) is 2.45. The summed E-state index contributed by atoms with van der Waals surface area (Å²) in [6, 6.07) is 5.62. The maximum Gasteiger partial charge on any atom is 0.253 e. The molecule has 8 heteroatoms. The minimum atomic E-state index is 0.0619. The number of H-pyrrole nitrogens is 1. The summed E-state index contributed by atoms with van der Waals surface area (Å²) in [5.74, 6) is 2.19. The number of hydrogen-bond acceptors (Lipinski definition) is 5. The first-order valence-electron chi connectivity index (χ1n) is 9.28. The van der Waals surface area contributed by atoms with Crippen molar-refractivity contribution in [2.45, 2.75) is 25.3 Å². The van der Waals surface area contributed by atoms with Crippen molar-refractivity contribution in [3.8, 4) is 0 Å². The van der Waals surface area contributed by atoms with Gasteiger partial charge in [-0.15, -0.1) is 10.2 Å². The lowest BCUT2D eigenvalue weighted by Gasteiger charge is -2.32. The van der Waals surface area contributed by atoms with E-state index >= 15 is 0 Å². The van der Waals surface area contributed by atoms with Crippen LogP contribution in [0, 0.1) is 0 Å². The Morgan fingerprint density at radius 1 is 1.33 bits per heavy atom. The fourth-order valence-corrected chi connectivity index (χ4v) is 3.77. The van der Waals surface area contributed by atoms with Crippen molar-refractivity contribution in [1.29, 1.82) is 0 Å². The second-order valence-corrected chi connectivity index (χ2v) is 7.50. The SMILES string of the molecule is CN(C)Cc1nnc(C2CCCN(C(=O)c3ccc4nc[nH]c4c3)C2)n1C. The van der Waals surface area contributed by atoms with Crippen LogP contribution in [-0.4, -0.2) is 67.6 Å². The molecule has 1 aliphatic heterocycles. The van der Waals surface area contributed by atoms with E-state index in [9.17, 15) is 4.79 Å². The molecule has 1 saturated heterocycles. The van der Waals surface area contributed by atoms with Gasteiger partial charge in [0.25, 0.3) is 5.91 Å². The predicted octanol–water partition coefficient (Wildman–Crippen LogP) is 1.77. The lowest BCUT2D eigenvalue weighted by atomic mass is 9.96. The van der Waals surface area contributed by atoms with Crippen LogP contribution in [-0.2, 0) is 13.6 Å². The van der Waals surface area contributed by atoms with E-state index in [1.165, 1.54) is 0 Å². The highest BCUT2D eigenvalue weighted by Crippen LogP contribution is 2.27. The zero-order valence-electron chi connectivity index (χ0n) is 16.0. The van der Waals surface area contributed by atoms with Gasteiger partial charge in [-0.05, 0) is 45.1 Å². The average Bonchev–Trinajstić information content (AvgIpc) is 3.27. The molecule has 0 radical (unpaired) electrons. The number of nitrogens with one attached hydrogen (secondary N) is 1. The number of carbonyl (C=O) groups is 1. The molecule has 0 aliphatic carbocycles. The number of aromatic amines is 1. The molecule has 3 heterocycles. The number of aromatic nitrogens is 5. The van der Waals surface area contributed by atoms with Crippen LogP contribution in [0.1, 0.15) is 40.8 Å². The van der Waals surface area contributed by atoms with E-state index in [4.69, 9.17) is 0 Å². The lowest BCUT2D eigenvalue weighted by molar-refractivity contribution is 0.0703. The number of benzene rings is 1. The van der Waals surface area contributed by atoms with Crippen LogP contribution in [0.2, 0.25) is 0 Å². The first-order chi connectivity index (χ1) is 13.0. The number of likely N-dealkylation sites (tertiary alicyclic amines) is 1. The van der Waals surface area contributed by atoms with Crippen molar-refractivity contribution in [1.82, 2.24) is 34.5 Å². The quantitative estimate of drug-likeness (QED) is 0.760. The third-order valence-electron chi connectivity index (χ3n) is 5.20. The summed E-state index contributed by atoms with van der Waals surface area (Å²) in [5, 5.41) is 8.77. The van der Waals surface area contributed by atoms with Crippen LogP contribution in [0.5, 0.6) is 0 Å². The number of amides is 1. The van der Waals surface area contributed by atoms with Crippen molar-refractivity contribution in [3.63, 3.8) is 0 Å². The molecule has 8 nitrogen and oxygen atoms in total. The molecule has 3 aromatic rings. The number of rotatable bonds is 4. The summed E-state index contributed by atoms with van der Waals surface area (Å²) in [6.45, 7) is 2.20. The van der Waals surface area contributed by atoms with Gasteiger partial charge in [0.1, 0.15) is 11.6 Å². The minimum absolute atomic E-state index is 0.0619. The highest BCUT2D eigenvalue weighted by molar-refractivity contribution is 5.97. The summed E-state index contributed by atoms with van der Waals surface area (Å²) >= 11 is 0. The molecule has 1 amide bonds. The van der Waals surface area contributed by atoms with Gasteiger partial charge in [0.05, 0.1) is 23.9 Å². The fraction of sp³-hybridized carbons (Fsp3) is 0.474. The average molecular weight is 367 g/mol. The second kappa shape index (κ2) is 7.11. The largest absolute Gasteiger partial charge is 0.345 e. The molecule has 2 aromatic heterocycles. The van der Waals surface area contributed by atoms with Crippen LogP contribution in [0.3, 0.4) is 0 Å². The van der Waals surface area contributed by atoms with Gasteiger partial charge in [0.15, 0.2) is 0 Å². The van der Waals surface area contributed by atoms with E-state index in [0.29, 0.717) is 12.1 Å². The molecule has 0 spiro atoms. The van der Waals surface area contributed by atoms with Crippen LogP contribution in [0.4, 0.5) is 0 Å². The van der Waals surface area contributed by atoms with Crippen LogP contribution in [0.15, 0.2) is 24.5 Å². The molecule has 1 atom stereocenters. The standard InChI is InChI=1S/C19H25N7O/c1-24(2)11-17-22-23-18(25(17)3)14-5-4-8-26(10-14)19(27)13-6-7-15-16(9-13)21-12-20-15/h6-7,9,12,14H,4-5,8,10-11H2,1-3H3,(H,20,21). The number of piperidine rings is 1. The van der Waals surface area contributed by atoms with Gasteiger partial charge in [-0.1, -0.05) is 0 Å². The van der Waals surface area contributed by atoms with Crippen molar-refractivity contribution < 1.29 is 4.79 Å². The van der Waals surface area contributed by atoms with E-state index in [2.05, 4.69) is 29.6 Å². The zero-order valence-corrected chi connectivity index (χ0v) is 16.0. The summed E-state index contributed by atoms with van der Waals surface area (Å²) in [6.07, 6.45) is 3.64. The Kier molecular flexibility index (Phi) is 4.65. The maximum atomic E-state index is 13.0. The van der Waals surface area contributed by atoms with E-state index in [1.54, 1.807) is 6.33 Å². The summed E-state index contributed by atoms with van der Waals surface area (Å²) in [4.78, 5) is 24.3. The van der Waals surface area contributed by atoms with E-state index in [-0.39, 0.29) is 11.8 Å². The molecular weight excluding hydrogens is 342 g/mol. The van der Waals surface area contributed by atoms with Crippen molar-refractivity contribution in [2.24, 2.45) is 7.05 Å². The van der Waals surface area contributed by atoms with Crippen LogP contribution >= 0.6 is 0 Å². The minimum Gasteiger partial charge on any atom is -0.345 e. The van der Waals surface area contributed by atoms with Gasteiger partial charge < -0.3 is 19.4 Å². The lowest BCUT2D eigenvalue weighted by Crippen LogP contribution is -2.39. The Labute approximate surface area is 158 Å². The van der Waals surface area contributed by atoms with Gasteiger partial charge in [0.2, 0.25) is 0 Å². The Balaban J connectivity index is 1.52. The van der Waals surface area contributed by atoms with Gasteiger partial charge in [-0.25, -0.2) is 4.98 Å². The van der Waals surface area contributed by atoms with Crippen molar-refractivity contribution in [2.75, 3.05) is 27.2 Å². The first kappa shape index (κ1) is 17.7. The maximum absolute atomic E-state index is 13.0. The molecule has 27 heavy (non-hydrogen) atoms. The number of hydrogen-bond donors (Lipinski definition) is 1. The monoisotopic (exact) mass is 367 g/mol. The Morgan fingerprint density at radius 3 is 3.00 bits per heavy atom. The van der Waals surface area contributed by atoms with Gasteiger partial charge in [-0.3, -0.25) is 4.79 Å². The normalized spacial score (nSPS) is 17.8. The molecule has 142 valence electrons. The topological polar surface area (TPSA) is 82.9 Å². The molecule has 1 fully saturated rings. The highest BCUT2D eigenvalue weighted by Gasteiger charge is 2.29. The third-order valence-corrected chi connectivity index (χ3v) is 5.20.